The third-order valence-electron chi connectivity index (χ3n) is 3.78. The molecule has 0 saturated carbocycles. The molecule has 3 rings (SSSR count). The van der Waals surface area contributed by atoms with Gasteiger partial charge in [-0.25, -0.2) is 9.37 Å². The molecule has 2 heterocycles. The lowest BCUT2D eigenvalue weighted by atomic mass is 9.97. The van der Waals surface area contributed by atoms with Gasteiger partial charge >= 0.3 is 0 Å². The van der Waals surface area contributed by atoms with Gasteiger partial charge in [0.2, 0.25) is 5.91 Å². The van der Waals surface area contributed by atoms with E-state index in [2.05, 4.69) is 10.3 Å². The minimum Gasteiger partial charge on any atom is -0.356 e. The van der Waals surface area contributed by atoms with E-state index in [-0.39, 0.29) is 12.5 Å². The summed E-state index contributed by atoms with van der Waals surface area (Å²) in [5.74, 6) is -1.12. The van der Waals surface area contributed by atoms with Crippen LogP contribution in [0.2, 0.25) is 0 Å². The van der Waals surface area contributed by atoms with Gasteiger partial charge in [-0.1, -0.05) is 12.1 Å². The standard InChI is InChI=1S/C16H16FN3O3S/c1-9-7-18-16(24-9)19-15(22)14-13(20(2)12(21)8-23-14)10-4-3-5-11(17)6-10/h3-7,13-14H,8H2,1-2H3,(H,18,19,22)/t13-,14+/m1/s1. The number of carbonyl (C=O) groups is 2. The lowest BCUT2D eigenvalue weighted by Gasteiger charge is -2.38. The Morgan fingerprint density at radius 1 is 1.50 bits per heavy atom. The van der Waals surface area contributed by atoms with E-state index in [1.54, 1.807) is 19.3 Å². The van der Waals surface area contributed by atoms with E-state index in [0.717, 1.165) is 4.88 Å². The van der Waals surface area contributed by atoms with Crippen LogP contribution in [0.5, 0.6) is 0 Å². The monoisotopic (exact) mass is 349 g/mol. The van der Waals surface area contributed by atoms with Crippen molar-refractivity contribution in [2.75, 3.05) is 19.0 Å². The molecule has 2 amide bonds. The highest BCUT2D eigenvalue weighted by Crippen LogP contribution is 2.30. The fourth-order valence-electron chi connectivity index (χ4n) is 2.61. The first-order chi connectivity index (χ1) is 11.5. The van der Waals surface area contributed by atoms with Crippen molar-refractivity contribution in [3.05, 3.63) is 46.7 Å². The number of morpholine rings is 1. The van der Waals surface area contributed by atoms with Crippen molar-refractivity contribution in [3.8, 4) is 0 Å². The number of halogens is 1. The van der Waals surface area contributed by atoms with Crippen LogP contribution in [0.1, 0.15) is 16.5 Å². The maximum absolute atomic E-state index is 13.6. The summed E-state index contributed by atoms with van der Waals surface area (Å²) in [7, 11) is 1.58. The Hall–Kier alpha value is -2.32. The zero-order valence-electron chi connectivity index (χ0n) is 13.2. The van der Waals surface area contributed by atoms with E-state index < -0.39 is 23.9 Å². The van der Waals surface area contributed by atoms with Crippen LogP contribution in [0.4, 0.5) is 9.52 Å². The van der Waals surface area contributed by atoms with E-state index in [1.165, 1.54) is 34.4 Å². The van der Waals surface area contributed by atoms with Gasteiger partial charge in [-0.15, -0.1) is 11.3 Å². The maximum Gasteiger partial charge on any atom is 0.257 e. The fourth-order valence-corrected chi connectivity index (χ4v) is 3.28. The average Bonchev–Trinajstić information content (AvgIpc) is 2.94. The Kier molecular flexibility index (Phi) is 4.59. The quantitative estimate of drug-likeness (QED) is 0.921. The summed E-state index contributed by atoms with van der Waals surface area (Å²) in [5, 5.41) is 3.15. The van der Waals surface area contributed by atoms with Crippen LogP contribution in [-0.2, 0) is 14.3 Å². The predicted octanol–water partition coefficient (Wildman–Crippen LogP) is 2.13. The van der Waals surface area contributed by atoms with E-state index >= 15 is 0 Å². The van der Waals surface area contributed by atoms with Gasteiger partial charge in [-0.2, -0.15) is 0 Å². The normalized spacial score (nSPS) is 21.0. The third-order valence-corrected chi connectivity index (χ3v) is 4.61. The summed E-state index contributed by atoms with van der Waals surface area (Å²) in [5.41, 5.74) is 0.501. The molecule has 6 nitrogen and oxygen atoms in total. The van der Waals surface area contributed by atoms with Gasteiger partial charge < -0.3 is 9.64 Å². The largest absolute Gasteiger partial charge is 0.356 e. The Morgan fingerprint density at radius 3 is 2.96 bits per heavy atom. The van der Waals surface area contributed by atoms with Crippen LogP contribution < -0.4 is 5.32 Å². The van der Waals surface area contributed by atoms with Gasteiger partial charge in [0, 0.05) is 18.1 Å². The lowest BCUT2D eigenvalue weighted by molar-refractivity contribution is -0.160. The van der Waals surface area contributed by atoms with Gasteiger partial charge in [-0.05, 0) is 24.6 Å². The Balaban J connectivity index is 1.88. The number of ether oxygens (including phenoxy) is 1. The minimum absolute atomic E-state index is 0.197. The molecule has 2 aromatic rings. The molecule has 0 radical (unpaired) electrons. The summed E-state index contributed by atoms with van der Waals surface area (Å²) in [6.45, 7) is 1.68. The second-order valence-electron chi connectivity index (χ2n) is 5.50. The lowest BCUT2D eigenvalue weighted by Crippen LogP contribution is -2.51. The molecule has 1 aromatic carbocycles. The Bertz CT molecular complexity index is 779. The summed E-state index contributed by atoms with van der Waals surface area (Å²) in [6.07, 6.45) is 0.709. The molecule has 8 heteroatoms. The molecule has 1 aliphatic rings. The van der Waals surface area contributed by atoms with Crippen LogP contribution in [0.3, 0.4) is 0 Å². The molecular formula is C16H16FN3O3S. The highest BCUT2D eigenvalue weighted by molar-refractivity contribution is 7.15. The average molecular weight is 349 g/mol. The van der Waals surface area contributed by atoms with Crippen LogP contribution in [0.15, 0.2) is 30.5 Å². The zero-order valence-corrected chi connectivity index (χ0v) is 14.0. The first kappa shape index (κ1) is 16.5. The molecule has 1 aliphatic heterocycles. The van der Waals surface area contributed by atoms with E-state index in [9.17, 15) is 14.0 Å². The summed E-state index contributed by atoms with van der Waals surface area (Å²) in [4.78, 5) is 31.0. The number of nitrogens with zero attached hydrogens (tertiary/aromatic N) is 2. The number of aromatic nitrogens is 1. The highest BCUT2D eigenvalue weighted by atomic mass is 32.1. The molecule has 1 fully saturated rings. The van der Waals surface area contributed by atoms with Crippen molar-refractivity contribution < 1.29 is 18.7 Å². The molecular weight excluding hydrogens is 333 g/mol. The van der Waals surface area contributed by atoms with Gasteiger partial charge in [-0.3, -0.25) is 14.9 Å². The van der Waals surface area contributed by atoms with Crippen LogP contribution in [-0.4, -0.2) is 41.5 Å². The number of thiazole rings is 1. The van der Waals surface area contributed by atoms with Gasteiger partial charge in [0.15, 0.2) is 11.2 Å². The number of amides is 2. The van der Waals surface area contributed by atoms with Crippen LogP contribution in [0, 0.1) is 12.7 Å². The topological polar surface area (TPSA) is 71.5 Å². The smallest absolute Gasteiger partial charge is 0.257 e. The minimum atomic E-state index is -0.946. The fraction of sp³-hybridized carbons (Fsp3) is 0.312. The number of hydrogen-bond acceptors (Lipinski definition) is 5. The number of benzene rings is 1. The summed E-state index contributed by atoms with van der Waals surface area (Å²) >= 11 is 1.34. The molecule has 0 unspecified atom stereocenters. The predicted molar refractivity (Wildman–Crippen MR) is 87.1 cm³/mol. The Labute approximate surface area is 142 Å². The highest BCUT2D eigenvalue weighted by Gasteiger charge is 2.40. The number of anilines is 1. The summed E-state index contributed by atoms with van der Waals surface area (Å²) < 4.78 is 19.0. The number of rotatable bonds is 3. The second kappa shape index (κ2) is 6.66. The first-order valence-electron chi connectivity index (χ1n) is 7.31. The number of carbonyl (C=O) groups excluding carboxylic acids is 2. The molecule has 24 heavy (non-hydrogen) atoms. The van der Waals surface area contributed by atoms with Crippen molar-refractivity contribution in [1.29, 1.82) is 0 Å². The molecule has 0 bridgehead atoms. The SMILES string of the molecule is Cc1cnc(NC(=O)[C@H]2OCC(=O)N(C)[C@@H]2c2cccc(F)c2)s1. The van der Waals surface area contributed by atoms with E-state index in [4.69, 9.17) is 4.74 Å². The maximum atomic E-state index is 13.6. The molecule has 0 aliphatic carbocycles. The van der Waals surface area contributed by atoms with E-state index in [1.807, 2.05) is 6.92 Å². The molecule has 1 aromatic heterocycles. The van der Waals surface area contributed by atoms with Crippen molar-refractivity contribution in [2.45, 2.75) is 19.1 Å². The zero-order chi connectivity index (χ0) is 17.3. The molecule has 2 atom stereocenters. The molecule has 1 saturated heterocycles. The molecule has 0 spiro atoms. The Morgan fingerprint density at radius 2 is 2.29 bits per heavy atom. The third kappa shape index (κ3) is 3.29. The van der Waals surface area contributed by atoms with Gasteiger partial charge in [0.05, 0.1) is 6.04 Å². The first-order valence-corrected chi connectivity index (χ1v) is 8.13. The van der Waals surface area contributed by atoms with Crippen molar-refractivity contribution in [3.63, 3.8) is 0 Å². The van der Waals surface area contributed by atoms with Crippen molar-refractivity contribution in [1.82, 2.24) is 9.88 Å². The van der Waals surface area contributed by atoms with Crippen LogP contribution >= 0.6 is 11.3 Å². The molecule has 1 N–H and O–H groups in total. The molecule has 126 valence electrons. The number of likely N-dealkylation sites (N-methyl/N-ethyl adjacent to an activating group) is 1. The van der Waals surface area contributed by atoms with E-state index in [0.29, 0.717) is 10.7 Å². The van der Waals surface area contributed by atoms with Gasteiger partial charge in [0.25, 0.3) is 5.91 Å². The number of nitrogens with one attached hydrogen (secondary N) is 1. The van der Waals surface area contributed by atoms with Gasteiger partial charge in [0.1, 0.15) is 12.4 Å². The van der Waals surface area contributed by atoms with Crippen LogP contribution in [0.25, 0.3) is 0 Å². The number of hydrogen-bond donors (Lipinski definition) is 1. The van der Waals surface area contributed by atoms with Crippen molar-refractivity contribution >= 4 is 28.3 Å². The number of aryl methyl sites for hydroxylation is 1. The van der Waals surface area contributed by atoms with Crippen molar-refractivity contribution in [2.24, 2.45) is 0 Å². The second-order valence-corrected chi connectivity index (χ2v) is 6.74. The summed E-state index contributed by atoms with van der Waals surface area (Å²) in [6, 6.07) is 5.11.